The van der Waals surface area contributed by atoms with E-state index in [1.54, 1.807) is 6.20 Å². The summed E-state index contributed by atoms with van der Waals surface area (Å²) in [7, 11) is 0. The number of aryl methyl sites for hydroxylation is 1. The van der Waals surface area contributed by atoms with Crippen LogP contribution in [0.2, 0.25) is 0 Å². The third kappa shape index (κ3) is 1.98. The van der Waals surface area contributed by atoms with Crippen molar-refractivity contribution >= 4 is 23.3 Å². The molecule has 3 rings (SSSR count). The van der Waals surface area contributed by atoms with Gasteiger partial charge in [0.15, 0.2) is 4.77 Å². The molecule has 1 unspecified atom stereocenters. The second-order valence-electron chi connectivity index (χ2n) is 4.73. The van der Waals surface area contributed by atoms with E-state index in [1.807, 2.05) is 12.3 Å². The van der Waals surface area contributed by atoms with E-state index in [2.05, 4.69) is 52.6 Å². The maximum absolute atomic E-state index is 5.48. The third-order valence-electron chi connectivity index (χ3n) is 3.52. The molecule has 0 spiro atoms. The van der Waals surface area contributed by atoms with E-state index in [4.69, 9.17) is 12.2 Å². The molecule has 1 N–H and O–H groups in total. The highest BCUT2D eigenvalue weighted by Crippen LogP contribution is 2.25. The second-order valence-corrected chi connectivity index (χ2v) is 5.12. The molecule has 1 aromatic carbocycles. The normalized spacial score (nSPS) is 12.7. The average Bonchev–Trinajstić information content (AvgIpc) is 2.77. The molecule has 2 aromatic heterocycles. The number of aromatic nitrogens is 3. The van der Waals surface area contributed by atoms with Crippen LogP contribution in [0.5, 0.6) is 0 Å². The van der Waals surface area contributed by atoms with E-state index in [1.165, 1.54) is 5.56 Å². The Kier molecular flexibility index (Phi) is 2.95. The molecule has 96 valence electrons. The first-order chi connectivity index (χ1) is 9.18. The van der Waals surface area contributed by atoms with Gasteiger partial charge in [-0.05, 0) is 49.3 Å². The van der Waals surface area contributed by atoms with Crippen molar-refractivity contribution in [2.75, 3.05) is 0 Å². The van der Waals surface area contributed by atoms with Gasteiger partial charge in [0.2, 0.25) is 0 Å². The number of fused-ring (bicyclic) bond motifs is 1. The molecule has 0 bridgehead atoms. The summed E-state index contributed by atoms with van der Waals surface area (Å²) in [6.07, 6.45) is 3.68. The van der Waals surface area contributed by atoms with Gasteiger partial charge in [0.25, 0.3) is 0 Å². The number of para-hydroxylation sites is 1. The molecule has 1 atom stereocenters. The molecule has 3 nitrogen and oxygen atoms in total. The monoisotopic (exact) mass is 269 g/mol. The molecule has 0 aliphatic heterocycles. The molecule has 0 saturated heterocycles. The minimum Gasteiger partial charge on any atom is -0.330 e. The van der Waals surface area contributed by atoms with Gasteiger partial charge >= 0.3 is 0 Å². The molecule has 0 fully saturated rings. The van der Waals surface area contributed by atoms with E-state index in [9.17, 15) is 0 Å². The fourth-order valence-electron chi connectivity index (χ4n) is 2.45. The lowest BCUT2D eigenvalue weighted by molar-refractivity contribution is 0.646. The molecule has 2 heterocycles. The van der Waals surface area contributed by atoms with Crippen molar-refractivity contribution in [3.05, 3.63) is 58.6 Å². The summed E-state index contributed by atoms with van der Waals surface area (Å²) in [4.78, 5) is 7.49. The van der Waals surface area contributed by atoms with Gasteiger partial charge < -0.3 is 9.55 Å². The fraction of sp³-hybridized carbons (Fsp3) is 0.200. The number of aromatic amines is 1. The predicted octanol–water partition coefficient (Wildman–Crippen LogP) is 4.01. The lowest BCUT2D eigenvalue weighted by atomic mass is 10.1. The van der Waals surface area contributed by atoms with Crippen LogP contribution in [0.1, 0.15) is 24.1 Å². The van der Waals surface area contributed by atoms with Crippen LogP contribution in [-0.2, 0) is 0 Å². The zero-order chi connectivity index (χ0) is 13.4. The standard InChI is InChI=1S/C15H15N3S/c1-10-5-3-7-13-14(10)17-15(19)18(13)11(2)12-6-4-8-16-9-12/h3-9,11H,1-2H3,(H,17,19). The van der Waals surface area contributed by atoms with E-state index in [0.717, 1.165) is 21.4 Å². The average molecular weight is 269 g/mol. The number of nitrogens with one attached hydrogen (secondary N) is 1. The predicted molar refractivity (Wildman–Crippen MR) is 79.9 cm³/mol. The summed E-state index contributed by atoms with van der Waals surface area (Å²) in [5.41, 5.74) is 4.62. The van der Waals surface area contributed by atoms with E-state index in [-0.39, 0.29) is 6.04 Å². The van der Waals surface area contributed by atoms with Crippen LogP contribution < -0.4 is 0 Å². The Labute approximate surface area is 116 Å². The molecule has 0 aliphatic rings. The molecule has 0 saturated carbocycles. The molecule has 19 heavy (non-hydrogen) atoms. The molecule has 0 aliphatic carbocycles. The van der Waals surface area contributed by atoms with Gasteiger partial charge in [-0.2, -0.15) is 0 Å². The maximum atomic E-state index is 5.48. The third-order valence-corrected chi connectivity index (χ3v) is 3.81. The van der Waals surface area contributed by atoms with Gasteiger partial charge in [-0.1, -0.05) is 18.2 Å². The summed E-state index contributed by atoms with van der Waals surface area (Å²) in [5, 5.41) is 0. The Bertz CT molecular complexity index is 771. The molecule has 0 radical (unpaired) electrons. The zero-order valence-electron chi connectivity index (χ0n) is 10.9. The Hall–Kier alpha value is -1.94. The first kappa shape index (κ1) is 12.1. The molecule has 3 aromatic rings. The van der Waals surface area contributed by atoms with E-state index < -0.39 is 0 Å². The number of imidazole rings is 1. The van der Waals surface area contributed by atoms with Crippen LogP contribution in [0.4, 0.5) is 0 Å². The van der Waals surface area contributed by atoms with Crippen molar-refractivity contribution in [1.82, 2.24) is 14.5 Å². The van der Waals surface area contributed by atoms with Crippen LogP contribution >= 0.6 is 12.2 Å². The number of hydrogen-bond donors (Lipinski definition) is 1. The highest BCUT2D eigenvalue weighted by molar-refractivity contribution is 7.71. The van der Waals surface area contributed by atoms with Crippen LogP contribution in [0, 0.1) is 11.7 Å². The van der Waals surface area contributed by atoms with E-state index in [0.29, 0.717) is 0 Å². The summed E-state index contributed by atoms with van der Waals surface area (Å²) < 4.78 is 2.90. The highest BCUT2D eigenvalue weighted by atomic mass is 32.1. The number of hydrogen-bond acceptors (Lipinski definition) is 2. The first-order valence-corrected chi connectivity index (χ1v) is 6.69. The van der Waals surface area contributed by atoms with Crippen LogP contribution in [-0.4, -0.2) is 14.5 Å². The number of pyridine rings is 1. The number of benzene rings is 1. The molecule has 0 amide bonds. The van der Waals surface area contributed by atoms with Gasteiger partial charge in [-0.3, -0.25) is 4.98 Å². The number of nitrogens with zero attached hydrogens (tertiary/aromatic N) is 2. The van der Waals surface area contributed by atoms with Crippen LogP contribution in [0.15, 0.2) is 42.7 Å². The van der Waals surface area contributed by atoms with Gasteiger partial charge in [0, 0.05) is 12.4 Å². The minimum atomic E-state index is 0.164. The Morgan fingerprint density at radius 1 is 1.26 bits per heavy atom. The van der Waals surface area contributed by atoms with Crippen molar-refractivity contribution in [3.63, 3.8) is 0 Å². The van der Waals surface area contributed by atoms with E-state index >= 15 is 0 Å². The van der Waals surface area contributed by atoms with Gasteiger partial charge in [-0.25, -0.2) is 0 Å². The molecular weight excluding hydrogens is 254 g/mol. The Morgan fingerprint density at radius 3 is 2.84 bits per heavy atom. The lowest BCUT2D eigenvalue weighted by Crippen LogP contribution is -2.06. The lowest BCUT2D eigenvalue weighted by Gasteiger charge is -2.14. The number of rotatable bonds is 2. The van der Waals surface area contributed by atoms with Crippen molar-refractivity contribution in [2.24, 2.45) is 0 Å². The second kappa shape index (κ2) is 4.63. The van der Waals surface area contributed by atoms with Gasteiger partial charge in [-0.15, -0.1) is 0 Å². The molecule has 4 heteroatoms. The quantitative estimate of drug-likeness (QED) is 0.713. The van der Waals surface area contributed by atoms with Crippen LogP contribution in [0.3, 0.4) is 0 Å². The minimum absolute atomic E-state index is 0.164. The Balaban J connectivity index is 2.23. The van der Waals surface area contributed by atoms with Crippen molar-refractivity contribution in [2.45, 2.75) is 19.9 Å². The summed E-state index contributed by atoms with van der Waals surface area (Å²) in [6.45, 7) is 4.23. The summed E-state index contributed by atoms with van der Waals surface area (Å²) in [6, 6.07) is 10.4. The zero-order valence-corrected chi connectivity index (χ0v) is 11.7. The smallest absolute Gasteiger partial charge is 0.178 e. The molecular formula is C15H15N3S. The topological polar surface area (TPSA) is 33.6 Å². The largest absolute Gasteiger partial charge is 0.330 e. The summed E-state index contributed by atoms with van der Waals surface area (Å²) in [5.74, 6) is 0. The SMILES string of the molecule is Cc1cccc2c1[nH]c(=S)n2C(C)c1cccnc1. The first-order valence-electron chi connectivity index (χ1n) is 6.28. The van der Waals surface area contributed by atoms with Crippen molar-refractivity contribution in [3.8, 4) is 0 Å². The van der Waals surface area contributed by atoms with Crippen molar-refractivity contribution < 1.29 is 0 Å². The fourth-order valence-corrected chi connectivity index (χ4v) is 2.81. The van der Waals surface area contributed by atoms with Crippen LogP contribution in [0.25, 0.3) is 11.0 Å². The van der Waals surface area contributed by atoms with Gasteiger partial charge in [0.1, 0.15) is 0 Å². The van der Waals surface area contributed by atoms with Gasteiger partial charge in [0.05, 0.1) is 17.1 Å². The Morgan fingerprint density at radius 2 is 2.11 bits per heavy atom. The number of H-pyrrole nitrogens is 1. The summed E-state index contributed by atoms with van der Waals surface area (Å²) >= 11 is 5.48. The maximum Gasteiger partial charge on any atom is 0.178 e. The van der Waals surface area contributed by atoms with Crippen molar-refractivity contribution in [1.29, 1.82) is 0 Å². The highest BCUT2D eigenvalue weighted by Gasteiger charge is 2.13.